The SMILES string of the molecule is CC(C)(C)c1ccc2c(c1)Oc1cccc3c1B2c1cccc2c1N3c1ccccc1[Si]2(c1ccccc1)c1ccccc1. The van der Waals surface area contributed by atoms with Crippen molar-refractivity contribution < 1.29 is 4.74 Å². The average molecular weight is 582 g/mol. The largest absolute Gasteiger partial charge is 0.458 e. The summed E-state index contributed by atoms with van der Waals surface area (Å²) in [5, 5.41) is 5.69. The van der Waals surface area contributed by atoms with Crippen LogP contribution >= 0.6 is 0 Å². The van der Waals surface area contributed by atoms with Gasteiger partial charge in [0.25, 0.3) is 6.71 Å². The Kier molecular flexibility index (Phi) is 5.31. The first-order chi connectivity index (χ1) is 21.5. The highest BCUT2D eigenvalue weighted by Crippen LogP contribution is 2.43. The minimum Gasteiger partial charge on any atom is -0.458 e. The fourth-order valence-corrected chi connectivity index (χ4v) is 13.2. The third-order valence-corrected chi connectivity index (χ3v) is 14.8. The van der Waals surface area contributed by atoms with E-state index in [4.69, 9.17) is 4.74 Å². The van der Waals surface area contributed by atoms with Gasteiger partial charge in [-0.2, -0.15) is 0 Å². The summed E-state index contributed by atoms with van der Waals surface area (Å²) in [7, 11) is -2.69. The molecule has 0 atom stereocenters. The van der Waals surface area contributed by atoms with Crippen LogP contribution in [0.4, 0.5) is 17.1 Å². The van der Waals surface area contributed by atoms with Crippen LogP contribution in [0.15, 0.2) is 140 Å². The van der Waals surface area contributed by atoms with Crippen LogP contribution in [0.25, 0.3) is 0 Å². The Labute approximate surface area is 260 Å². The number of fused-ring (bicyclic) bond motifs is 6. The first-order valence-electron chi connectivity index (χ1n) is 15.6. The van der Waals surface area contributed by atoms with Crippen LogP contribution in [-0.4, -0.2) is 14.8 Å². The van der Waals surface area contributed by atoms with Crippen molar-refractivity contribution in [3.8, 4) is 11.5 Å². The van der Waals surface area contributed by atoms with Gasteiger partial charge < -0.3 is 9.64 Å². The molecule has 0 aromatic heterocycles. The minimum atomic E-state index is -2.69. The summed E-state index contributed by atoms with van der Waals surface area (Å²) in [6.07, 6.45) is 0. The van der Waals surface area contributed by atoms with E-state index in [1.165, 1.54) is 59.8 Å². The second-order valence-electron chi connectivity index (χ2n) is 13.3. The molecule has 210 valence electrons. The molecular weight excluding hydrogens is 549 g/mol. The highest BCUT2D eigenvalue weighted by Gasteiger charge is 2.53. The smallest absolute Gasteiger partial charge is 0.256 e. The molecule has 0 amide bonds. The van der Waals surface area contributed by atoms with Crippen LogP contribution in [0.3, 0.4) is 0 Å². The molecular formula is C40H32BNOSi. The second-order valence-corrected chi connectivity index (χ2v) is 17.0. The molecule has 0 spiro atoms. The van der Waals surface area contributed by atoms with Gasteiger partial charge in [0.05, 0.1) is 0 Å². The number of hydrogen-bond acceptors (Lipinski definition) is 2. The van der Waals surface area contributed by atoms with Crippen molar-refractivity contribution in [3.05, 3.63) is 145 Å². The summed E-state index contributed by atoms with van der Waals surface area (Å²) >= 11 is 0. The average Bonchev–Trinajstić information content (AvgIpc) is 3.06. The first kappa shape index (κ1) is 25.7. The summed E-state index contributed by atoms with van der Waals surface area (Å²) < 4.78 is 6.77. The van der Waals surface area contributed by atoms with Crippen LogP contribution in [0.2, 0.25) is 0 Å². The third-order valence-electron chi connectivity index (χ3n) is 9.95. The summed E-state index contributed by atoms with van der Waals surface area (Å²) in [5.41, 5.74) is 9.02. The van der Waals surface area contributed by atoms with Crippen LogP contribution in [0, 0.1) is 0 Å². The van der Waals surface area contributed by atoms with Gasteiger partial charge in [-0.1, -0.05) is 136 Å². The third kappa shape index (κ3) is 3.32. The van der Waals surface area contributed by atoms with Crippen LogP contribution in [0.5, 0.6) is 11.5 Å². The second kappa shape index (κ2) is 9.11. The molecule has 6 aromatic carbocycles. The lowest BCUT2D eigenvalue weighted by atomic mass is 9.34. The molecule has 2 nitrogen and oxygen atoms in total. The molecule has 44 heavy (non-hydrogen) atoms. The number of ether oxygens (including phenoxy) is 1. The fourth-order valence-electron chi connectivity index (χ4n) is 8.04. The molecule has 6 aromatic rings. The topological polar surface area (TPSA) is 12.5 Å². The van der Waals surface area contributed by atoms with E-state index in [2.05, 4.69) is 165 Å². The predicted octanol–water partition coefficient (Wildman–Crippen LogP) is 5.08. The van der Waals surface area contributed by atoms with Gasteiger partial charge in [-0.15, -0.1) is 0 Å². The van der Waals surface area contributed by atoms with Gasteiger partial charge in [-0.3, -0.25) is 0 Å². The lowest BCUT2D eigenvalue weighted by Gasteiger charge is -2.49. The molecule has 0 fully saturated rings. The molecule has 0 aliphatic carbocycles. The Hall–Kier alpha value is -4.80. The summed E-state index contributed by atoms with van der Waals surface area (Å²) in [6.45, 7) is 6.90. The highest BCUT2D eigenvalue weighted by atomic mass is 28.3. The fraction of sp³-hybridized carbons (Fsp3) is 0.100. The molecule has 0 N–H and O–H groups in total. The van der Waals surface area contributed by atoms with Gasteiger partial charge in [-0.05, 0) is 72.4 Å². The number of nitrogens with zero attached hydrogens (tertiary/aromatic N) is 1. The van der Waals surface area contributed by atoms with Crippen LogP contribution < -0.4 is 46.8 Å². The number of rotatable bonds is 2. The Morgan fingerprint density at radius 1 is 0.568 bits per heavy atom. The lowest BCUT2D eigenvalue weighted by molar-refractivity contribution is 0.483. The van der Waals surface area contributed by atoms with E-state index in [9.17, 15) is 0 Å². The van der Waals surface area contributed by atoms with Crippen molar-refractivity contribution in [1.29, 1.82) is 0 Å². The summed E-state index contributed by atoms with van der Waals surface area (Å²) in [6, 6.07) is 52.3. The zero-order valence-electron chi connectivity index (χ0n) is 25.2. The molecule has 0 saturated carbocycles. The standard InChI is InChI=1S/C40H32BNOSi/c1-40(2,3)27-24-25-30-35(26-27)43-34-21-13-20-33-38(34)41(30)31-18-12-23-37-39(31)42(33)32-19-10-11-22-36(32)44(37,28-14-6-4-7-15-28)29-16-8-5-9-17-29/h4-26H,1-3H3. The molecule has 3 aliphatic rings. The normalized spacial score (nSPS) is 15.0. The van der Waals surface area contributed by atoms with E-state index < -0.39 is 8.07 Å². The van der Waals surface area contributed by atoms with E-state index >= 15 is 0 Å². The maximum absolute atomic E-state index is 6.77. The van der Waals surface area contributed by atoms with Crippen molar-refractivity contribution in [2.75, 3.05) is 4.90 Å². The van der Waals surface area contributed by atoms with Crippen LogP contribution in [0.1, 0.15) is 26.3 Å². The van der Waals surface area contributed by atoms with Gasteiger partial charge in [0, 0.05) is 17.1 Å². The monoisotopic (exact) mass is 581 g/mol. The van der Waals surface area contributed by atoms with Crippen molar-refractivity contribution in [2.24, 2.45) is 0 Å². The maximum Gasteiger partial charge on any atom is 0.256 e. The van der Waals surface area contributed by atoms with Crippen molar-refractivity contribution in [3.63, 3.8) is 0 Å². The number of para-hydroxylation sites is 2. The zero-order chi connectivity index (χ0) is 29.6. The Morgan fingerprint density at radius 2 is 1.20 bits per heavy atom. The Bertz CT molecular complexity index is 2060. The summed E-state index contributed by atoms with van der Waals surface area (Å²) in [4.78, 5) is 2.55. The quantitative estimate of drug-likeness (QED) is 0.264. The van der Waals surface area contributed by atoms with E-state index in [0.717, 1.165) is 11.5 Å². The molecule has 0 radical (unpaired) electrons. The molecule has 4 heteroatoms. The molecule has 9 rings (SSSR count). The Balaban J connectivity index is 1.42. The van der Waals surface area contributed by atoms with Gasteiger partial charge in [-0.25, -0.2) is 0 Å². The molecule has 3 heterocycles. The molecule has 3 aliphatic heterocycles. The van der Waals surface area contributed by atoms with Crippen molar-refractivity contribution >= 4 is 69.0 Å². The molecule has 0 saturated heterocycles. The predicted molar refractivity (Wildman–Crippen MR) is 188 cm³/mol. The van der Waals surface area contributed by atoms with E-state index in [0.29, 0.717) is 0 Å². The van der Waals surface area contributed by atoms with E-state index in [-0.39, 0.29) is 12.1 Å². The van der Waals surface area contributed by atoms with Gasteiger partial charge in [0.1, 0.15) is 11.5 Å². The Morgan fingerprint density at radius 3 is 1.93 bits per heavy atom. The van der Waals surface area contributed by atoms with Gasteiger partial charge in [0.2, 0.25) is 0 Å². The van der Waals surface area contributed by atoms with Gasteiger partial charge >= 0.3 is 0 Å². The summed E-state index contributed by atoms with van der Waals surface area (Å²) in [5.74, 6) is 1.93. The lowest BCUT2D eigenvalue weighted by Crippen LogP contribution is -2.78. The number of anilines is 3. The number of hydrogen-bond donors (Lipinski definition) is 0. The van der Waals surface area contributed by atoms with Crippen LogP contribution in [-0.2, 0) is 5.41 Å². The highest BCUT2D eigenvalue weighted by molar-refractivity contribution is 7.22. The first-order valence-corrected chi connectivity index (χ1v) is 17.6. The number of benzene rings is 6. The molecule has 0 bridgehead atoms. The van der Waals surface area contributed by atoms with Gasteiger partial charge in [0.15, 0.2) is 8.07 Å². The van der Waals surface area contributed by atoms with Crippen molar-refractivity contribution in [1.82, 2.24) is 0 Å². The molecule has 0 unspecified atom stereocenters. The maximum atomic E-state index is 6.77. The minimum absolute atomic E-state index is 0.0378. The zero-order valence-corrected chi connectivity index (χ0v) is 26.2. The van der Waals surface area contributed by atoms with Crippen molar-refractivity contribution in [2.45, 2.75) is 26.2 Å². The van der Waals surface area contributed by atoms with E-state index in [1.54, 1.807) is 0 Å². The van der Waals surface area contributed by atoms with E-state index in [1.807, 2.05) is 0 Å².